The summed E-state index contributed by atoms with van der Waals surface area (Å²) in [6.45, 7) is 3.41. The van der Waals surface area contributed by atoms with E-state index < -0.39 is 0 Å². The lowest BCUT2D eigenvalue weighted by atomic mass is 10.00. The number of nitrogens with one attached hydrogen (secondary N) is 1. The molecule has 1 N–H and O–H groups in total. The number of nitrogens with zero attached hydrogens (tertiary/aromatic N) is 2. The maximum absolute atomic E-state index is 4.18. The van der Waals surface area contributed by atoms with Gasteiger partial charge in [0, 0.05) is 19.3 Å². The Morgan fingerprint density at radius 1 is 1.50 bits per heavy atom. The van der Waals surface area contributed by atoms with Crippen LogP contribution in [-0.4, -0.2) is 22.4 Å². The van der Waals surface area contributed by atoms with Crippen molar-refractivity contribution in [2.45, 2.75) is 45.1 Å². The Labute approximate surface area is 98.2 Å². The van der Waals surface area contributed by atoms with Crippen molar-refractivity contribution in [3.05, 3.63) is 18.0 Å². The Bertz CT molecular complexity index is 313. The van der Waals surface area contributed by atoms with Crippen molar-refractivity contribution in [1.82, 2.24) is 15.1 Å². The lowest BCUT2D eigenvalue weighted by Gasteiger charge is -2.20. The second-order valence-electron chi connectivity index (χ2n) is 5.06. The molecule has 0 bridgehead atoms. The van der Waals surface area contributed by atoms with Crippen molar-refractivity contribution >= 4 is 0 Å². The zero-order valence-electron chi connectivity index (χ0n) is 10.4. The minimum Gasteiger partial charge on any atom is -0.314 e. The highest BCUT2D eigenvalue weighted by Gasteiger charge is 2.20. The van der Waals surface area contributed by atoms with Crippen LogP contribution in [0.3, 0.4) is 0 Å². The van der Waals surface area contributed by atoms with Crippen LogP contribution in [0.5, 0.6) is 0 Å². The molecule has 0 radical (unpaired) electrons. The van der Waals surface area contributed by atoms with Gasteiger partial charge in [0.1, 0.15) is 0 Å². The van der Waals surface area contributed by atoms with Crippen LogP contribution in [0.4, 0.5) is 0 Å². The molecule has 1 aliphatic carbocycles. The van der Waals surface area contributed by atoms with E-state index in [4.69, 9.17) is 0 Å². The second-order valence-corrected chi connectivity index (χ2v) is 5.06. The van der Waals surface area contributed by atoms with E-state index >= 15 is 0 Å². The lowest BCUT2D eigenvalue weighted by Crippen LogP contribution is -2.33. The summed E-state index contributed by atoms with van der Waals surface area (Å²) in [5, 5.41) is 7.83. The molecule has 0 spiro atoms. The van der Waals surface area contributed by atoms with E-state index in [0.29, 0.717) is 6.04 Å². The van der Waals surface area contributed by atoms with Gasteiger partial charge in [-0.05, 0) is 44.2 Å². The predicted octanol–water partition coefficient (Wildman–Crippen LogP) is 2.13. The van der Waals surface area contributed by atoms with Crippen LogP contribution in [0, 0.1) is 5.92 Å². The molecule has 3 nitrogen and oxygen atoms in total. The van der Waals surface area contributed by atoms with Crippen molar-refractivity contribution in [3.63, 3.8) is 0 Å². The summed E-state index contributed by atoms with van der Waals surface area (Å²) in [6, 6.07) is 0.680. The SMILES string of the molecule is CC(NCCc1cnn(C)c1)C1CCCC1. The van der Waals surface area contributed by atoms with Crippen LogP contribution in [-0.2, 0) is 13.5 Å². The Balaban J connectivity index is 1.67. The van der Waals surface area contributed by atoms with Crippen molar-refractivity contribution < 1.29 is 0 Å². The van der Waals surface area contributed by atoms with E-state index in [1.54, 1.807) is 0 Å². The molecule has 1 aromatic heterocycles. The van der Waals surface area contributed by atoms with Crippen molar-refractivity contribution in [2.24, 2.45) is 13.0 Å². The van der Waals surface area contributed by atoms with E-state index in [0.717, 1.165) is 18.9 Å². The molecule has 2 rings (SSSR count). The fraction of sp³-hybridized carbons (Fsp3) is 0.769. The molecule has 1 aliphatic rings. The normalized spacial score (nSPS) is 19.1. The van der Waals surface area contributed by atoms with E-state index in [1.807, 2.05) is 17.9 Å². The summed E-state index contributed by atoms with van der Waals surface area (Å²) in [6.07, 6.45) is 10.8. The Hall–Kier alpha value is -0.830. The fourth-order valence-electron chi connectivity index (χ4n) is 2.67. The summed E-state index contributed by atoms with van der Waals surface area (Å²) >= 11 is 0. The molecule has 1 aromatic rings. The van der Waals surface area contributed by atoms with E-state index in [-0.39, 0.29) is 0 Å². The third kappa shape index (κ3) is 3.08. The molecule has 1 atom stereocenters. The number of hydrogen-bond donors (Lipinski definition) is 1. The monoisotopic (exact) mass is 221 g/mol. The molecular weight excluding hydrogens is 198 g/mol. The molecule has 0 aliphatic heterocycles. The number of aryl methyl sites for hydroxylation is 1. The van der Waals surface area contributed by atoms with Gasteiger partial charge in [0.2, 0.25) is 0 Å². The maximum atomic E-state index is 4.18. The molecular formula is C13H23N3. The van der Waals surface area contributed by atoms with Gasteiger partial charge in [-0.1, -0.05) is 12.8 Å². The van der Waals surface area contributed by atoms with Gasteiger partial charge in [-0.25, -0.2) is 0 Å². The summed E-state index contributed by atoms with van der Waals surface area (Å²) in [5.41, 5.74) is 1.33. The Morgan fingerprint density at radius 3 is 2.88 bits per heavy atom. The largest absolute Gasteiger partial charge is 0.314 e. The van der Waals surface area contributed by atoms with Crippen LogP contribution in [0.25, 0.3) is 0 Å². The van der Waals surface area contributed by atoms with E-state index in [9.17, 15) is 0 Å². The fourth-order valence-corrected chi connectivity index (χ4v) is 2.67. The Kier molecular flexibility index (Phi) is 3.99. The van der Waals surface area contributed by atoms with E-state index in [1.165, 1.54) is 31.2 Å². The third-order valence-corrected chi connectivity index (χ3v) is 3.75. The number of rotatable bonds is 5. The summed E-state index contributed by atoms with van der Waals surface area (Å²) in [4.78, 5) is 0. The van der Waals surface area contributed by atoms with Gasteiger partial charge < -0.3 is 5.32 Å². The van der Waals surface area contributed by atoms with Crippen LogP contribution in [0.1, 0.15) is 38.2 Å². The first-order valence-corrected chi connectivity index (χ1v) is 6.46. The van der Waals surface area contributed by atoms with Crippen LogP contribution in [0.15, 0.2) is 12.4 Å². The number of aromatic nitrogens is 2. The first-order valence-electron chi connectivity index (χ1n) is 6.46. The first kappa shape index (κ1) is 11.6. The average molecular weight is 221 g/mol. The average Bonchev–Trinajstić information content (AvgIpc) is 2.89. The van der Waals surface area contributed by atoms with Crippen molar-refractivity contribution in [2.75, 3.05) is 6.54 Å². The van der Waals surface area contributed by atoms with Crippen LogP contribution in [0.2, 0.25) is 0 Å². The van der Waals surface area contributed by atoms with Crippen molar-refractivity contribution in [1.29, 1.82) is 0 Å². The minimum atomic E-state index is 0.680. The molecule has 1 fully saturated rings. The van der Waals surface area contributed by atoms with Crippen molar-refractivity contribution in [3.8, 4) is 0 Å². The highest BCUT2D eigenvalue weighted by atomic mass is 15.2. The quantitative estimate of drug-likeness (QED) is 0.825. The molecule has 1 heterocycles. The molecule has 0 aromatic carbocycles. The van der Waals surface area contributed by atoms with E-state index in [2.05, 4.69) is 23.5 Å². The van der Waals surface area contributed by atoms with Gasteiger partial charge in [0.15, 0.2) is 0 Å². The Morgan fingerprint density at radius 2 is 2.25 bits per heavy atom. The molecule has 90 valence electrons. The summed E-state index contributed by atoms with van der Waals surface area (Å²) in [5.74, 6) is 0.911. The van der Waals surface area contributed by atoms with Gasteiger partial charge in [-0.15, -0.1) is 0 Å². The zero-order chi connectivity index (χ0) is 11.4. The van der Waals surface area contributed by atoms with Crippen LogP contribution < -0.4 is 5.32 Å². The summed E-state index contributed by atoms with van der Waals surface area (Å²) in [7, 11) is 1.97. The second kappa shape index (κ2) is 5.48. The molecule has 1 unspecified atom stereocenters. The number of hydrogen-bond acceptors (Lipinski definition) is 2. The van der Waals surface area contributed by atoms with Gasteiger partial charge in [-0.3, -0.25) is 4.68 Å². The standard InChI is InChI=1S/C13H23N3/c1-11(13-5-3-4-6-13)14-8-7-12-9-15-16(2)10-12/h9-11,13-14H,3-8H2,1-2H3. The van der Waals surface area contributed by atoms with Crippen LogP contribution >= 0.6 is 0 Å². The molecule has 16 heavy (non-hydrogen) atoms. The maximum Gasteiger partial charge on any atom is 0.0522 e. The van der Waals surface area contributed by atoms with Gasteiger partial charge in [0.25, 0.3) is 0 Å². The molecule has 0 saturated heterocycles. The molecule has 1 saturated carbocycles. The van der Waals surface area contributed by atoms with Gasteiger partial charge >= 0.3 is 0 Å². The third-order valence-electron chi connectivity index (χ3n) is 3.75. The lowest BCUT2D eigenvalue weighted by molar-refractivity contribution is 0.384. The highest BCUT2D eigenvalue weighted by Crippen LogP contribution is 2.27. The molecule has 3 heteroatoms. The molecule has 0 amide bonds. The predicted molar refractivity (Wildman–Crippen MR) is 66.3 cm³/mol. The smallest absolute Gasteiger partial charge is 0.0522 e. The highest BCUT2D eigenvalue weighted by molar-refractivity contribution is 5.03. The minimum absolute atomic E-state index is 0.680. The summed E-state index contributed by atoms with van der Waals surface area (Å²) < 4.78 is 1.87. The topological polar surface area (TPSA) is 29.9 Å². The first-order chi connectivity index (χ1) is 7.75. The van der Waals surface area contributed by atoms with Gasteiger partial charge in [-0.2, -0.15) is 5.10 Å². The van der Waals surface area contributed by atoms with Gasteiger partial charge in [0.05, 0.1) is 6.20 Å². The zero-order valence-corrected chi connectivity index (χ0v) is 10.4.